The summed E-state index contributed by atoms with van der Waals surface area (Å²) in [5, 5.41) is 5.46. The molecule has 0 unspecified atom stereocenters. The first-order valence-electron chi connectivity index (χ1n) is 12.1. The number of anilines is 1. The molecule has 35 heavy (non-hydrogen) atoms. The number of esters is 1. The standard InChI is InChI=1S/C27H28Cl2N2O4/c1-2-33-27(32)18-8-10-19(11-9-18)31-14-12-20(13-15-31)34-16-21-25(30-35-26(21)17-6-7-17)24-22(28)4-3-5-23(24)29/h3-5,8-11,17,20H,2,6-7,12-16H2,1H3. The van der Waals surface area contributed by atoms with Gasteiger partial charge in [0.2, 0.25) is 0 Å². The highest BCUT2D eigenvalue weighted by Crippen LogP contribution is 2.46. The number of rotatable bonds is 8. The van der Waals surface area contributed by atoms with Crippen LogP contribution in [0.1, 0.15) is 60.2 Å². The average Bonchev–Trinajstić information content (AvgIpc) is 3.63. The Labute approximate surface area is 215 Å². The van der Waals surface area contributed by atoms with Crippen molar-refractivity contribution in [2.24, 2.45) is 0 Å². The fraction of sp³-hybridized carbons (Fsp3) is 0.407. The van der Waals surface area contributed by atoms with Gasteiger partial charge in [-0.1, -0.05) is 34.4 Å². The fourth-order valence-corrected chi connectivity index (χ4v) is 5.13. The third-order valence-corrected chi connectivity index (χ3v) is 7.25. The summed E-state index contributed by atoms with van der Waals surface area (Å²) in [6.45, 7) is 4.36. The Morgan fingerprint density at radius 2 is 1.74 bits per heavy atom. The minimum absolute atomic E-state index is 0.140. The van der Waals surface area contributed by atoms with Gasteiger partial charge in [0.15, 0.2) is 0 Å². The van der Waals surface area contributed by atoms with E-state index in [0.717, 1.165) is 55.8 Å². The van der Waals surface area contributed by atoms with Gasteiger partial charge >= 0.3 is 5.97 Å². The van der Waals surface area contributed by atoms with E-state index in [0.29, 0.717) is 46.0 Å². The second kappa shape index (κ2) is 10.6. The van der Waals surface area contributed by atoms with Crippen LogP contribution < -0.4 is 4.90 Å². The Bertz CT molecular complexity index is 1160. The summed E-state index contributed by atoms with van der Waals surface area (Å²) in [7, 11) is 0. The summed E-state index contributed by atoms with van der Waals surface area (Å²) in [5.74, 6) is 1.01. The first-order chi connectivity index (χ1) is 17.0. The average molecular weight is 515 g/mol. The maximum absolute atomic E-state index is 11.9. The van der Waals surface area contributed by atoms with E-state index in [1.807, 2.05) is 42.5 Å². The molecule has 1 saturated heterocycles. The van der Waals surface area contributed by atoms with E-state index in [2.05, 4.69) is 10.1 Å². The van der Waals surface area contributed by atoms with Crippen LogP contribution in [-0.2, 0) is 16.1 Å². The quantitative estimate of drug-likeness (QED) is 0.305. The Morgan fingerprint density at radius 3 is 2.37 bits per heavy atom. The molecule has 2 aliphatic rings. The van der Waals surface area contributed by atoms with Crippen LogP contribution in [0.4, 0.5) is 5.69 Å². The Hall–Kier alpha value is -2.54. The van der Waals surface area contributed by atoms with Crippen molar-refractivity contribution < 1.29 is 18.8 Å². The molecule has 0 N–H and O–H groups in total. The summed E-state index contributed by atoms with van der Waals surface area (Å²) in [5.41, 5.74) is 4.01. The Morgan fingerprint density at radius 1 is 1.06 bits per heavy atom. The summed E-state index contributed by atoms with van der Waals surface area (Å²) in [6.07, 6.45) is 4.16. The molecule has 0 spiro atoms. The van der Waals surface area contributed by atoms with Crippen LogP contribution in [-0.4, -0.2) is 36.9 Å². The van der Waals surface area contributed by atoms with Crippen LogP contribution in [0, 0.1) is 0 Å². The molecule has 1 saturated carbocycles. The third-order valence-electron chi connectivity index (χ3n) is 6.62. The molecule has 2 heterocycles. The molecular weight excluding hydrogens is 487 g/mol. The zero-order chi connectivity index (χ0) is 24.4. The van der Waals surface area contributed by atoms with Crippen LogP contribution >= 0.6 is 23.2 Å². The molecule has 1 aliphatic carbocycles. The van der Waals surface area contributed by atoms with Crippen molar-refractivity contribution in [3.63, 3.8) is 0 Å². The predicted molar refractivity (Wildman–Crippen MR) is 136 cm³/mol. The minimum Gasteiger partial charge on any atom is -0.462 e. The van der Waals surface area contributed by atoms with Crippen molar-refractivity contribution in [2.75, 3.05) is 24.6 Å². The van der Waals surface area contributed by atoms with Crippen molar-refractivity contribution in [3.05, 3.63) is 69.4 Å². The summed E-state index contributed by atoms with van der Waals surface area (Å²) < 4.78 is 17.2. The van der Waals surface area contributed by atoms with Gasteiger partial charge in [-0.2, -0.15) is 0 Å². The van der Waals surface area contributed by atoms with Gasteiger partial charge in [-0.25, -0.2) is 4.79 Å². The lowest BCUT2D eigenvalue weighted by Crippen LogP contribution is -2.37. The molecule has 1 aliphatic heterocycles. The zero-order valence-corrected chi connectivity index (χ0v) is 21.1. The minimum atomic E-state index is -0.289. The molecule has 0 bridgehead atoms. The van der Waals surface area contributed by atoms with Gasteiger partial charge in [0.05, 0.1) is 34.9 Å². The molecule has 2 fully saturated rings. The lowest BCUT2D eigenvalue weighted by molar-refractivity contribution is 0.0246. The number of nitrogens with zero attached hydrogens (tertiary/aromatic N) is 2. The Balaban J connectivity index is 1.23. The van der Waals surface area contributed by atoms with E-state index in [4.69, 9.17) is 37.2 Å². The van der Waals surface area contributed by atoms with Crippen molar-refractivity contribution in [1.82, 2.24) is 5.16 Å². The smallest absolute Gasteiger partial charge is 0.338 e. The summed E-state index contributed by atoms with van der Waals surface area (Å²) >= 11 is 12.9. The largest absolute Gasteiger partial charge is 0.462 e. The van der Waals surface area contributed by atoms with E-state index in [1.54, 1.807) is 6.92 Å². The maximum Gasteiger partial charge on any atom is 0.338 e. The van der Waals surface area contributed by atoms with Crippen LogP contribution in [0.15, 0.2) is 47.0 Å². The van der Waals surface area contributed by atoms with Crippen LogP contribution in [0.25, 0.3) is 11.3 Å². The number of halogens is 2. The second-order valence-electron chi connectivity index (χ2n) is 9.01. The molecule has 0 radical (unpaired) electrons. The number of ether oxygens (including phenoxy) is 2. The van der Waals surface area contributed by atoms with Gasteiger partial charge in [-0.05, 0) is 69.0 Å². The number of hydrogen-bond donors (Lipinski definition) is 0. The first kappa shape index (κ1) is 24.2. The van der Waals surface area contributed by atoms with Crippen molar-refractivity contribution in [3.8, 4) is 11.3 Å². The lowest BCUT2D eigenvalue weighted by atomic mass is 10.0. The molecule has 8 heteroatoms. The van der Waals surface area contributed by atoms with Gasteiger partial charge in [0.25, 0.3) is 0 Å². The SMILES string of the molecule is CCOC(=O)c1ccc(N2CCC(OCc3c(-c4c(Cl)cccc4Cl)noc3C3CC3)CC2)cc1. The highest BCUT2D eigenvalue weighted by atomic mass is 35.5. The van der Waals surface area contributed by atoms with Gasteiger partial charge < -0.3 is 18.9 Å². The molecule has 5 rings (SSSR count). The van der Waals surface area contributed by atoms with Gasteiger partial charge in [-0.15, -0.1) is 0 Å². The Kier molecular flexibility index (Phi) is 7.32. The maximum atomic E-state index is 11.9. The number of carbonyl (C=O) groups excluding carboxylic acids is 1. The summed E-state index contributed by atoms with van der Waals surface area (Å²) in [6, 6.07) is 13.1. The number of benzene rings is 2. The first-order valence-corrected chi connectivity index (χ1v) is 12.9. The molecule has 2 aromatic carbocycles. The summed E-state index contributed by atoms with van der Waals surface area (Å²) in [4.78, 5) is 14.2. The van der Waals surface area contributed by atoms with Crippen LogP contribution in [0.3, 0.4) is 0 Å². The molecule has 0 atom stereocenters. The second-order valence-corrected chi connectivity index (χ2v) is 9.82. The highest BCUT2D eigenvalue weighted by Gasteiger charge is 2.34. The van der Waals surface area contributed by atoms with Gasteiger partial charge in [0, 0.05) is 35.8 Å². The van der Waals surface area contributed by atoms with E-state index >= 15 is 0 Å². The highest BCUT2D eigenvalue weighted by molar-refractivity contribution is 6.39. The van der Waals surface area contributed by atoms with E-state index in [-0.39, 0.29) is 12.1 Å². The zero-order valence-electron chi connectivity index (χ0n) is 19.6. The van der Waals surface area contributed by atoms with Gasteiger partial charge in [-0.3, -0.25) is 0 Å². The van der Waals surface area contributed by atoms with E-state index in [9.17, 15) is 4.79 Å². The molecule has 1 aromatic heterocycles. The molecule has 6 nitrogen and oxygen atoms in total. The number of hydrogen-bond acceptors (Lipinski definition) is 6. The van der Waals surface area contributed by atoms with Crippen molar-refractivity contribution in [2.45, 2.75) is 51.2 Å². The van der Waals surface area contributed by atoms with Crippen molar-refractivity contribution >= 4 is 34.9 Å². The van der Waals surface area contributed by atoms with E-state index < -0.39 is 0 Å². The van der Waals surface area contributed by atoms with Gasteiger partial charge in [0.1, 0.15) is 11.5 Å². The van der Waals surface area contributed by atoms with E-state index in [1.165, 1.54) is 0 Å². The van der Waals surface area contributed by atoms with Crippen LogP contribution in [0.2, 0.25) is 10.0 Å². The number of aromatic nitrogens is 1. The fourth-order valence-electron chi connectivity index (χ4n) is 4.55. The normalized spacial score (nSPS) is 16.5. The predicted octanol–water partition coefficient (Wildman–Crippen LogP) is 6.89. The monoisotopic (exact) mass is 514 g/mol. The molecular formula is C27H28Cl2N2O4. The number of piperidine rings is 1. The topological polar surface area (TPSA) is 64.8 Å². The van der Waals surface area contributed by atoms with Crippen LogP contribution in [0.5, 0.6) is 0 Å². The van der Waals surface area contributed by atoms with Crippen molar-refractivity contribution in [1.29, 1.82) is 0 Å². The third kappa shape index (κ3) is 5.35. The molecule has 3 aromatic rings. The molecule has 184 valence electrons. The lowest BCUT2D eigenvalue weighted by Gasteiger charge is -2.33. The number of carbonyl (C=O) groups is 1. The molecule has 0 amide bonds.